The molecule has 0 spiro atoms. The summed E-state index contributed by atoms with van der Waals surface area (Å²) in [7, 11) is 1.64. The van der Waals surface area contributed by atoms with Gasteiger partial charge in [-0.25, -0.2) is 0 Å². The van der Waals surface area contributed by atoms with Crippen molar-refractivity contribution < 1.29 is 4.74 Å². The fourth-order valence-corrected chi connectivity index (χ4v) is 1.84. The number of nitrogen functional groups attached to an aromatic ring is 1. The van der Waals surface area contributed by atoms with Crippen molar-refractivity contribution in [3.63, 3.8) is 0 Å². The maximum atomic E-state index is 6.00. The molecule has 0 amide bonds. The van der Waals surface area contributed by atoms with Crippen LogP contribution in [0.3, 0.4) is 0 Å². The second kappa shape index (κ2) is 4.59. The first-order chi connectivity index (χ1) is 8.11. The van der Waals surface area contributed by atoms with E-state index in [0.29, 0.717) is 11.0 Å². The van der Waals surface area contributed by atoms with E-state index in [2.05, 4.69) is 10.2 Å². The molecule has 0 radical (unpaired) electrons. The third-order valence-corrected chi connectivity index (χ3v) is 2.75. The predicted molar refractivity (Wildman–Crippen MR) is 68.2 cm³/mol. The first kappa shape index (κ1) is 11.7. The molecule has 1 aromatic carbocycles. The summed E-state index contributed by atoms with van der Waals surface area (Å²) in [4.78, 5) is 0. The minimum atomic E-state index is 0.337. The van der Waals surface area contributed by atoms with E-state index >= 15 is 0 Å². The summed E-state index contributed by atoms with van der Waals surface area (Å²) >= 11 is 6.00. The molecule has 0 aliphatic carbocycles. The summed E-state index contributed by atoms with van der Waals surface area (Å²) in [6.45, 7) is 1.97. The Bertz CT molecular complexity index is 557. The number of anilines is 1. The number of hydrogen-bond acceptors (Lipinski definition) is 4. The standard InChI is InChI=1S/C12H12ClN3O/c1-7-5-8(3-4-10(7)17-2)9-6-11(14)15-16-12(9)13/h3-6H,1-2H3,(H2,14,15). The normalized spacial score (nSPS) is 10.3. The molecule has 1 aromatic heterocycles. The highest BCUT2D eigenvalue weighted by Gasteiger charge is 2.08. The van der Waals surface area contributed by atoms with Crippen LogP contribution in [0.2, 0.25) is 5.15 Å². The van der Waals surface area contributed by atoms with Gasteiger partial charge in [0.25, 0.3) is 0 Å². The second-order valence-corrected chi connectivity index (χ2v) is 4.02. The van der Waals surface area contributed by atoms with Crippen molar-refractivity contribution in [2.45, 2.75) is 6.92 Å². The summed E-state index contributed by atoms with van der Waals surface area (Å²) < 4.78 is 5.20. The quantitative estimate of drug-likeness (QED) is 0.889. The number of rotatable bonds is 2. The minimum absolute atomic E-state index is 0.337. The average Bonchev–Trinajstić information content (AvgIpc) is 2.32. The SMILES string of the molecule is COc1ccc(-c2cc(N)nnc2Cl)cc1C. The number of aryl methyl sites for hydroxylation is 1. The van der Waals surface area contributed by atoms with Gasteiger partial charge in [0.1, 0.15) is 11.6 Å². The molecule has 0 aliphatic heterocycles. The van der Waals surface area contributed by atoms with Crippen molar-refractivity contribution in [2.24, 2.45) is 0 Å². The zero-order valence-electron chi connectivity index (χ0n) is 9.57. The smallest absolute Gasteiger partial charge is 0.159 e. The largest absolute Gasteiger partial charge is 0.496 e. The van der Waals surface area contributed by atoms with Crippen molar-refractivity contribution >= 4 is 17.4 Å². The Morgan fingerprint density at radius 1 is 1.24 bits per heavy atom. The molecular weight excluding hydrogens is 238 g/mol. The maximum Gasteiger partial charge on any atom is 0.159 e. The van der Waals surface area contributed by atoms with Gasteiger partial charge in [0.05, 0.1) is 7.11 Å². The average molecular weight is 250 g/mol. The molecule has 88 valence electrons. The van der Waals surface area contributed by atoms with Crippen molar-refractivity contribution in [2.75, 3.05) is 12.8 Å². The Labute approximate surface area is 104 Å². The van der Waals surface area contributed by atoms with Crippen molar-refractivity contribution in [1.82, 2.24) is 10.2 Å². The van der Waals surface area contributed by atoms with Crippen LogP contribution in [0.15, 0.2) is 24.3 Å². The fourth-order valence-electron chi connectivity index (χ4n) is 1.64. The molecule has 5 heteroatoms. The van der Waals surface area contributed by atoms with Crippen LogP contribution in [0, 0.1) is 6.92 Å². The summed E-state index contributed by atoms with van der Waals surface area (Å²) in [6, 6.07) is 7.48. The van der Waals surface area contributed by atoms with Gasteiger partial charge in [-0.05, 0) is 36.2 Å². The highest BCUT2D eigenvalue weighted by molar-refractivity contribution is 6.32. The maximum absolute atomic E-state index is 6.00. The number of hydrogen-bond donors (Lipinski definition) is 1. The van der Waals surface area contributed by atoms with E-state index in [9.17, 15) is 0 Å². The van der Waals surface area contributed by atoms with Crippen LogP contribution in [0.1, 0.15) is 5.56 Å². The lowest BCUT2D eigenvalue weighted by molar-refractivity contribution is 0.412. The van der Waals surface area contributed by atoms with Gasteiger partial charge < -0.3 is 10.5 Å². The zero-order chi connectivity index (χ0) is 12.4. The van der Waals surface area contributed by atoms with Crippen LogP contribution < -0.4 is 10.5 Å². The Morgan fingerprint density at radius 3 is 2.65 bits per heavy atom. The van der Waals surface area contributed by atoms with E-state index in [1.807, 2.05) is 25.1 Å². The van der Waals surface area contributed by atoms with E-state index < -0.39 is 0 Å². The number of benzene rings is 1. The molecule has 0 saturated carbocycles. The highest BCUT2D eigenvalue weighted by Crippen LogP contribution is 2.30. The number of ether oxygens (including phenoxy) is 1. The fraction of sp³-hybridized carbons (Fsp3) is 0.167. The van der Waals surface area contributed by atoms with Crippen molar-refractivity contribution in [3.8, 4) is 16.9 Å². The molecule has 2 N–H and O–H groups in total. The summed E-state index contributed by atoms with van der Waals surface area (Å²) in [6.07, 6.45) is 0. The molecule has 0 unspecified atom stereocenters. The Hall–Kier alpha value is -1.81. The van der Waals surface area contributed by atoms with Gasteiger partial charge in [-0.1, -0.05) is 17.7 Å². The number of nitrogens with two attached hydrogens (primary N) is 1. The van der Waals surface area contributed by atoms with Gasteiger partial charge in [0.2, 0.25) is 0 Å². The first-order valence-electron chi connectivity index (χ1n) is 5.05. The predicted octanol–water partition coefficient (Wildman–Crippen LogP) is 2.70. The van der Waals surface area contributed by atoms with E-state index in [-0.39, 0.29) is 0 Å². The van der Waals surface area contributed by atoms with Gasteiger partial charge in [0, 0.05) is 5.56 Å². The number of aromatic nitrogens is 2. The first-order valence-corrected chi connectivity index (χ1v) is 5.43. The molecule has 0 bridgehead atoms. The van der Waals surface area contributed by atoms with Crippen molar-refractivity contribution in [3.05, 3.63) is 35.0 Å². The molecule has 4 nitrogen and oxygen atoms in total. The highest BCUT2D eigenvalue weighted by atomic mass is 35.5. The Balaban J connectivity index is 2.53. The zero-order valence-corrected chi connectivity index (χ0v) is 10.3. The minimum Gasteiger partial charge on any atom is -0.496 e. The van der Waals surface area contributed by atoms with Gasteiger partial charge in [0.15, 0.2) is 5.15 Å². The Morgan fingerprint density at radius 2 is 2.00 bits per heavy atom. The second-order valence-electron chi connectivity index (χ2n) is 3.66. The molecule has 0 fully saturated rings. The molecule has 2 rings (SSSR count). The van der Waals surface area contributed by atoms with Gasteiger partial charge in [-0.2, -0.15) is 0 Å². The van der Waals surface area contributed by atoms with E-state index in [0.717, 1.165) is 22.4 Å². The summed E-state index contributed by atoms with van der Waals surface area (Å²) in [5.41, 5.74) is 8.33. The van der Waals surface area contributed by atoms with Gasteiger partial charge in [-0.15, -0.1) is 10.2 Å². The number of halogens is 1. The van der Waals surface area contributed by atoms with Crippen LogP contribution in [-0.2, 0) is 0 Å². The number of methoxy groups -OCH3 is 1. The summed E-state index contributed by atoms with van der Waals surface area (Å²) in [5, 5.41) is 7.82. The van der Waals surface area contributed by atoms with Crippen LogP contribution in [0.4, 0.5) is 5.82 Å². The van der Waals surface area contributed by atoms with E-state index in [1.54, 1.807) is 13.2 Å². The van der Waals surface area contributed by atoms with Crippen LogP contribution >= 0.6 is 11.6 Å². The summed E-state index contributed by atoms with van der Waals surface area (Å²) in [5.74, 6) is 1.18. The number of nitrogens with zero attached hydrogens (tertiary/aromatic N) is 2. The third-order valence-electron chi connectivity index (χ3n) is 2.47. The molecule has 0 atom stereocenters. The lowest BCUT2D eigenvalue weighted by Gasteiger charge is -2.08. The Kier molecular flexibility index (Phi) is 3.15. The van der Waals surface area contributed by atoms with E-state index in [1.165, 1.54) is 0 Å². The molecule has 17 heavy (non-hydrogen) atoms. The lowest BCUT2D eigenvalue weighted by Crippen LogP contribution is -1.95. The van der Waals surface area contributed by atoms with Crippen LogP contribution in [0.25, 0.3) is 11.1 Å². The topological polar surface area (TPSA) is 61.0 Å². The molecular formula is C12H12ClN3O. The van der Waals surface area contributed by atoms with Gasteiger partial charge in [-0.3, -0.25) is 0 Å². The monoisotopic (exact) mass is 249 g/mol. The van der Waals surface area contributed by atoms with E-state index in [4.69, 9.17) is 22.1 Å². The lowest BCUT2D eigenvalue weighted by atomic mass is 10.0. The van der Waals surface area contributed by atoms with Crippen LogP contribution in [0.5, 0.6) is 5.75 Å². The van der Waals surface area contributed by atoms with Gasteiger partial charge >= 0.3 is 0 Å². The molecule has 2 aromatic rings. The van der Waals surface area contributed by atoms with Crippen molar-refractivity contribution in [1.29, 1.82) is 0 Å². The molecule has 0 saturated heterocycles. The molecule has 1 heterocycles. The third kappa shape index (κ3) is 2.31. The van der Waals surface area contributed by atoms with Crippen LogP contribution in [-0.4, -0.2) is 17.3 Å². The molecule has 0 aliphatic rings.